The lowest BCUT2D eigenvalue weighted by Crippen LogP contribution is -2.30. The van der Waals surface area contributed by atoms with Gasteiger partial charge in [0, 0.05) is 17.8 Å². The van der Waals surface area contributed by atoms with Gasteiger partial charge < -0.3 is 10.2 Å². The third-order valence-corrected chi connectivity index (χ3v) is 5.65. The molecule has 1 N–H and O–H groups in total. The summed E-state index contributed by atoms with van der Waals surface area (Å²) in [6.07, 6.45) is 0.249. The van der Waals surface area contributed by atoms with Crippen LogP contribution in [0.5, 0.6) is 0 Å². The molecule has 0 unspecified atom stereocenters. The van der Waals surface area contributed by atoms with Gasteiger partial charge in [-0.2, -0.15) is 0 Å². The van der Waals surface area contributed by atoms with E-state index in [2.05, 4.69) is 5.32 Å². The van der Waals surface area contributed by atoms with E-state index in [-0.39, 0.29) is 18.2 Å². The van der Waals surface area contributed by atoms with Gasteiger partial charge in [0.15, 0.2) is 0 Å². The molecule has 0 aliphatic carbocycles. The van der Waals surface area contributed by atoms with Crippen molar-refractivity contribution in [2.24, 2.45) is 0 Å². The minimum absolute atomic E-state index is 0.0551. The van der Waals surface area contributed by atoms with Gasteiger partial charge in [-0.15, -0.1) is 0 Å². The van der Waals surface area contributed by atoms with Gasteiger partial charge in [0.1, 0.15) is 0 Å². The van der Waals surface area contributed by atoms with Crippen LogP contribution in [0.4, 0.5) is 5.69 Å². The number of amides is 2. The van der Waals surface area contributed by atoms with Crippen molar-refractivity contribution in [1.82, 2.24) is 5.32 Å². The largest absolute Gasteiger partial charge is 0.352 e. The fraction of sp³-hybridized carbons (Fsp3) is 0.133. The maximum Gasteiger partial charge on any atom is 0.258 e. The van der Waals surface area contributed by atoms with Crippen LogP contribution in [0, 0.1) is 6.92 Å². The highest BCUT2D eigenvalue weighted by Gasteiger charge is 2.19. The summed E-state index contributed by atoms with van der Waals surface area (Å²) in [4.78, 5) is 27.8. The summed E-state index contributed by atoms with van der Waals surface area (Å²) in [5.41, 5.74) is 5.46. The predicted octanol–water partition coefficient (Wildman–Crippen LogP) is 5.70. The summed E-state index contributed by atoms with van der Waals surface area (Å²) in [6.45, 7) is 2.94. The molecule has 2 amide bonds. The molecule has 0 atom stereocenters. The van der Waals surface area contributed by atoms with Gasteiger partial charge in [-0.05, 0) is 47.9 Å². The topological polar surface area (TPSA) is 49.4 Å². The van der Waals surface area contributed by atoms with E-state index in [1.807, 2.05) is 116 Å². The summed E-state index contributed by atoms with van der Waals surface area (Å²) >= 11 is 0. The fourth-order valence-electron chi connectivity index (χ4n) is 3.78. The van der Waals surface area contributed by atoms with Crippen LogP contribution in [0.15, 0.2) is 109 Å². The van der Waals surface area contributed by atoms with Crippen molar-refractivity contribution < 1.29 is 9.59 Å². The Labute approximate surface area is 200 Å². The van der Waals surface area contributed by atoms with Crippen molar-refractivity contribution in [3.8, 4) is 0 Å². The van der Waals surface area contributed by atoms with Gasteiger partial charge in [-0.25, -0.2) is 0 Å². The molecule has 34 heavy (non-hydrogen) atoms. The Kier molecular flexibility index (Phi) is 7.51. The normalized spacial score (nSPS) is 10.5. The van der Waals surface area contributed by atoms with Crippen molar-refractivity contribution in [2.45, 2.75) is 26.4 Å². The Morgan fingerprint density at radius 1 is 0.706 bits per heavy atom. The molecule has 0 aliphatic heterocycles. The Bertz CT molecular complexity index is 1240. The van der Waals surface area contributed by atoms with Crippen molar-refractivity contribution in [3.63, 3.8) is 0 Å². The van der Waals surface area contributed by atoms with Gasteiger partial charge in [0.25, 0.3) is 5.91 Å². The highest BCUT2D eigenvalue weighted by atomic mass is 16.2. The molecule has 170 valence electrons. The molecule has 4 aromatic rings. The van der Waals surface area contributed by atoms with Crippen LogP contribution in [0.1, 0.15) is 32.6 Å². The Balaban J connectivity index is 1.53. The molecule has 0 aliphatic rings. The average molecular weight is 449 g/mol. The molecule has 0 radical (unpaired) electrons. The van der Waals surface area contributed by atoms with Gasteiger partial charge in [-0.1, -0.05) is 90.5 Å². The van der Waals surface area contributed by atoms with Crippen LogP contribution in [0.3, 0.4) is 0 Å². The smallest absolute Gasteiger partial charge is 0.258 e. The third-order valence-electron chi connectivity index (χ3n) is 5.65. The standard InChI is InChI=1S/C30H28N2O2/c1-23-15-17-27(18-16-23)30(34)32(22-25-11-6-3-7-12-25)28-14-8-13-26(19-28)20-29(33)31-21-24-9-4-2-5-10-24/h2-19H,20-22H2,1H3,(H,31,33). The number of carbonyl (C=O) groups is 2. The number of benzene rings is 4. The molecule has 4 heteroatoms. The molecular weight excluding hydrogens is 420 g/mol. The highest BCUT2D eigenvalue weighted by Crippen LogP contribution is 2.22. The summed E-state index contributed by atoms with van der Waals surface area (Å²) in [6, 6.07) is 35.0. The summed E-state index contributed by atoms with van der Waals surface area (Å²) in [5, 5.41) is 2.97. The molecule has 4 nitrogen and oxygen atoms in total. The maximum absolute atomic E-state index is 13.5. The molecule has 0 fully saturated rings. The monoisotopic (exact) mass is 448 g/mol. The highest BCUT2D eigenvalue weighted by molar-refractivity contribution is 6.06. The maximum atomic E-state index is 13.5. The average Bonchev–Trinajstić information content (AvgIpc) is 2.87. The number of nitrogens with one attached hydrogen (secondary N) is 1. The van der Waals surface area contributed by atoms with E-state index in [0.717, 1.165) is 27.9 Å². The second-order valence-corrected chi connectivity index (χ2v) is 8.35. The van der Waals surface area contributed by atoms with E-state index in [0.29, 0.717) is 18.7 Å². The molecule has 4 rings (SSSR count). The van der Waals surface area contributed by atoms with Crippen LogP contribution >= 0.6 is 0 Å². The van der Waals surface area contributed by atoms with E-state index < -0.39 is 0 Å². The molecule has 0 aromatic heterocycles. The molecule has 0 spiro atoms. The number of carbonyl (C=O) groups excluding carboxylic acids is 2. The lowest BCUT2D eigenvalue weighted by atomic mass is 10.1. The second kappa shape index (κ2) is 11.1. The van der Waals surface area contributed by atoms with Crippen LogP contribution in [0.2, 0.25) is 0 Å². The summed E-state index contributed by atoms with van der Waals surface area (Å²) in [7, 11) is 0. The molecule has 0 heterocycles. The minimum Gasteiger partial charge on any atom is -0.352 e. The van der Waals surface area contributed by atoms with E-state index in [1.165, 1.54) is 0 Å². The Morgan fingerprint density at radius 2 is 1.32 bits per heavy atom. The van der Waals surface area contributed by atoms with Crippen LogP contribution in [-0.2, 0) is 24.3 Å². The Hall–Kier alpha value is -4.18. The van der Waals surface area contributed by atoms with E-state index in [9.17, 15) is 9.59 Å². The van der Waals surface area contributed by atoms with E-state index in [1.54, 1.807) is 4.90 Å². The summed E-state index contributed by atoms with van der Waals surface area (Å²) < 4.78 is 0. The van der Waals surface area contributed by atoms with Crippen molar-refractivity contribution in [2.75, 3.05) is 4.90 Å². The van der Waals surface area contributed by atoms with Crippen LogP contribution in [0.25, 0.3) is 0 Å². The van der Waals surface area contributed by atoms with E-state index >= 15 is 0 Å². The lowest BCUT2D eigenvalue weighted by Gasteiger charge is -2.24. The first-order chi connectivity index (χ1) is 16.6. The number of rotatable bonds is 8. The molecule has 4 aromatic carbocycles. The lowest BCUT2D eigenvalue weighted by molar-refractivity contribution is -0.120. The zero-order valence-electron chi connectivity index (χ0n) is 19.3. The molecule has 0 saturated carbocycles. The minimum atomic E-state index is -0.0745. The van der Waals surface area contributed by atoms with Crippen molar-refractivity contribution in [3.05, 3.63) is 137 Å². The van der Waals surface area contributed by atoms with Crippen molar-refractivity contribution in [1.29, 1.82) is 0 Å². The van der Waals surface area contributed by atoms with Crippen LogP contribution < -0.4 is 10.2 Å². The zero-order chi connectivity index (χ0) is 23.8. The van der Waals surface area contributed by atoms with Gasteiger partial charge in [0.05, 0.1) is 13.0 Å². The Morgan fingerprint density at radius 3 is 2.00 bits per heavy atom. The number of nitrogens with zero attached hydrogens (tertiary/aromatic N) is 1. The zero-order valence-corrected chi connectivity index (χ0v) is 19.3. The second-order valence-electron chi connectivity index (χ2n) is 8.35. The number of anilines is 1. The third kappa shape index (κ3) is 6.20. The quantitative estimate of drug-likeness (QED) is 0.376. The van der Waals surface area contributed by atoms with Gasteiger partial charge >= 0.3 is 0 Å². The first-order valence-electron chi connectivity index (χ1n) is 11.4. The number of hydrogen-bond donors (Lipinski definition) is 1. The van der Waals surface area contributed by atoms with Crippen LogP contribution in [-0.4, -0.2) is 11.8 Å². The first-order valence-corrected chi connectivity index (χ1v) is 11.4. The number of aryl methyl sites for hydroxylation is 1. The summed E-state index contributed by atoms with van der Waals surface area (Å²) in [5.74, 6) is -0.130. The van der Waals surface area contributed by atoms with Crippen molar-refractivity contribution >= 4 is 17.5 Å². The fourth-order valence-corrected chi connectivity index (χ4v) is 3.78. The van der Waals surface area contributed by atoms with Gasteiger partial charge in [0.2, 0.25) is 5.91 Å². The predicted molar refractivity (Wildman–Crippen MR) is 137 cm³/mol. The first kappa shape index (κ1) is 23.0. The molecule has 0 bridgehead atoms. The number of hydrogen-bond acceptors (Lipinski definition) is 2. The van der Waals surface area contributed by atoms with E-state index in [4.69, 9.17) is 0 Å². The molecular formula is C30H28N2O2. The molecule has 0 saturated heterocycles. The van der Waals surface area contributed by atoms with Gasteiger partial charge in [-0.3, -0.25) is 9.59 Å². The SMILES string of the molecule is Cc1ccc(C(=O)N(Cc2ccccc2)c2cccc(CC(=O)NCc3ccccc3)c2)cc1.